The number of ether oxygens (including phenoxy) is 2. The molecule has 2 rings (SSSR count). The highest BCUT2D eigenvalue weighted by atomic mass is 35.5. The maximum atomic E-state index is 7.91. The molecule has 0 aliphatic rings. The van der Waals surface area contributed by atoms with Gasteiger partial charge in [0.1, 0.15) is 8.10 Å². The molecule has 0 aliphatic carbocycles. The van der Waals surface area contributed by atoms with Crippen LogP contribution in [0.4, 0.5) is 0 Å². The summed E-state index contributed by atoms with van der Waals surface area (Å²) in [6.45, 7) is 7.75. The van der Waals surface area contributed by atoms with E-state index in [0.717, 1.165) is 6.04 Å². The number of hydrogen-bond donors (Lipinski definition) is 0. The summed E-state index contributed by atoms with van der Waals surface area (Å²) in [4.78, 5) is 12.1. The van der Waals surface area contributed by atoms with Gasteiger partial charge in [0.05, 0.1) is 13.4 Å². The van der Waals surface area contributed by atoms with Crippen LogP contribution in [0.15, 0.2) is 6.30 Å². The zero-order valence-electron chi connectivity index (χ0n) is 13.1. The molecule has 0 unspecified atom stereocenters. The second kappa shape index (κ2) is 6.07. The molecule has 0 saturated heterocycles. The van der Waals surface area contributed by atoms with Gasteiger partial charge in [0, 0.05) is 14.7 Å². The molecule has 20 heavy (non-hydrogen) atoms. The van der Waals surface area contributed by atoms with Crippen LogP contribution in [0.2, 0.25) is 31.0 Å². The largest absolute Gasteiger partial charge is 0.479 e. The van der Waals surface area contributed by atoms with Crippen molar-refractivity contribution in [3.63, 3.8) is 0 Å². The molecule has 2 heterocycles. The Morgan fingerprint density at radius 1 is 1.40 bits per heavy atom. The summed E-state index contributed by atoms with van der Waals surface area (Å²) in [7, 11) is 0.356. The maximum Gasteiger partial charge on any atom is 0.244 e. The van der Waals surface area contributed by atoms with Crippen LogP contribution in [0.3, 0.4) is 0 Å². The van der Waals surface area contributed by atoms with Crippen molar-refractivity contribution in [1.29, 1.82) is 0 Å². The van der Waals surface area contributed by atoms with Gasteiger partial charge in [0.25, 0.3) is 0 Å². The Bertz CT molecular complexity index is 644. The first kappa shape index (κ1) is 13.8. The number of halogens is 1. The van der Waals surface area contributed by atoms with E-state index in [-0.39, 0.29) is 18.3 Å². The average Bonchev–Trinajstić information content (AvgIpc) is 2.68. The van der Waals surface area contributed by atoms with Crippen LogP contribution < -0.4 is 4.74 Å². The van der Waals surface area contributed by atoms with Gasteiger partial charge in [-0.25, -0.2) is 4.98 Å². The third-order valence-corrected chi connectivity index (χ3v) is 4.64. The van der Waals surface area contributed by atoms with E-state index in [4.69, 9.17) is 22.4 Å². The van der Waals surface area contributed by atoms with Crippen molar-refractivity contribution in [2.45, 2.75) is 32.4 Å². The number of methoxy groups -OCH3 is 1. The van der Waals surface area contributed by atoms with Crippen LogP contribution >= 0.6 is 11.6 Å². The SMILES string of the molecule is [2H]c1nc2nc(Cl)nc(OC)c2n1COCC[Si](C)(C)C. The minimum Gasteiger partial charge on any atom is -0.479 e. The second-order valence-corrected chi connectivity index (χ2v) is 11.6. The van der Waals surface area contributed by atoms with E-state index < -0.39 is 8.07 Å². The predicted octanol–water partition coefficient (Wildman–Crippen LogP) is 2.80. The van der Waals surface area contributed by atoms with E-state index in [1.54, 1.807) is 4.57 Å². The molecule has 0 spiro atoms. The topological polar surface area (TPSA) is 62.1 Å². The lowest BCUT2D eigenvalue weighted by atomic mass is 10.5. The van der Waals surface area contributed by atoms with E-state index >= 15 is 0 Å². The van der Waals surface area contributed by atoms with Gasteiger partial charge in [0.15, 0.2) is 11.2 Å². The molecule has 0 fully saturated rings. The van der Waals surface area contributed by atoms with Crippen LogP contribution in [0.5, 0.6) is 5.88 Å². The number of fused-ring (bicyclic) bond motifs is 1. The summed E-state index contributed by atoms with van der Waals surface area (Å²) in [5.74, 6) is 0.296. The van der Waals surface area contributed by atoms with Crippen LogP contribution in [0, 0.1) is 0 Å². The standard InChI is InChI=1S/C12H19ClN4O2Si/c1-18-11-9-10(15-12(13)16-11)14-7-17(9)8-19-5-6-20(2,3)4/h7H,5-6,8H2,1-4H3/i7D. The van der Waals surface area contributed by atoms with Crippen LogP contribution in [-0.2, 0) is 11.5 Å². The van der Waals surface area contributed by atoms with E-state index in [9.17, 15) is 0 Å². The van der Waals surface area contributed by atoms with Crippen LogP contribution in [-0.4, -0.2) is 41.3 Å². The molecule has 0 amide bonds. The minimum atomic E-state index is -1.14. The Hall–Kier alpha value is -1.18. The summed E-state index contributed by atoms with van der Waals surface area (Å²) in [6.07, 6.45) is 0.0490. The smallest absolute Gasteiger partial charge is 0.244 e. The van der Waals surface area contributed by atoms with Gasteiger partial charge >= 0.3 is 0 Å². The van der Waals surface area contributed by atoms with Crippen molar-refractivity contribution in [3.8, 4) is 5.88 Å². The molecule has 6 nitrogen and oxygen atoms in total. The first-order valence-corrected chi connectivity index (χ1v) is 10.4. The Kier molecular flexibility index (Phi) is 4.18. The van der Waals surface area contributed by atoms with E-state index in [1.807, 2.05) is 0 Å². The molecule has 0 aliphatic heterocycles. The van der Waals surface area contributed by atoms with Crippen molar-refractivity contribution in [2.75, 3.05) is 13.7 Å². The molecule has 2 aromatic rings. The Morgan fingerprint density at radius 2 is 2.15 bits per heavy atom. The highest BCUT2D eigenvalue weighted by molar-refractivity contribution is 6.76. The lowest BCUT2D eigenvalue weighted by Crippen LogP contribution is -2.22. The lowest BCUT2D eigenvalue weighted by molar-refractivity contribution is 0.0895. The summed E-state index contributed by atoms with van der Waals surface area (Å²) in [5, 5.41) is 0.0450. The second-order valence-electron chi connectivity index (χ2n) is 5.66. The molecule has 2 aromatic heterocycles. The summed E-state index contributed by atoms with van der Waals surface area (Å²) in [6, 6.07) is 1.06. The molecule has 8 heteroatoms. The van der Waals surface area contributed by atoms with E-state index in [1.165, 1.54) is 7.11 Å². The van der Waals surface area contributed by atoms with Crippen molar-refractivity contribution < 1.29 is 10.8 Å². The molecule has 0 bridgehead atoms. The zero-order chi connectivity index (χ0) is 15.6. The Balaban J connectivity index is 2.21. The number of imidazole rings is 1. The van der Waals surface area contributed by atoms with Crippen molar-refractivity contribution in [1.82, 2.24) is 19.5 Å². The third-order valence-electron chi connectivity index (χ3n) is 2.76. The molecule has 0 N–H and O–H groups in total. The average molecular weight is 316 g/mol. The Labute approximate surface area is 125 Å². The fraction of sp³-hybridized carbons (Fsp3) is 0.583. The normalized spacial score (nSPS) is 12.8. The quantitative estimate of drug-likeness (QED) is 0.466. The number of hydrogen-bond acceptors (Lipinski definition) is 5. The highest BCUT2D eigenvalue weighted by Gasteiger charge is 2.15. The van der Waals surface area contributed by atoms with E-state index in [2.05, 4.69) is 34.6 Å². The van der Waals surface area contributed by atoms with Gasteiger partial charge in [-0.1, -0.05) is 19.6 Å². The van der Waals surface area contributed by atoms with Crippen molar-refractivity contribution in [2.24, 2.45) is 0 Å². The first-order valence-electron chi connectivity index (χ1n) is 6.84. The van der Waals surface area contributed by atoms with Crippen LogP contribution in [0.25, 0.3) is 11.2 Å². The third kappa shape index (κ3) is 3.68. The lowest BCUT2D eigenvalue weighted by Gasteiger charge is -2.15. The summed E-state index contributed by atoms with van der Waals surface area (Å²) < 4.78 is 20.4. The fourth-order valence-corrected chi connectivity index (χ4v) is 2.55. The summed E-state index contributed by atoms with van der Waals surface area (Å²) in [5.41, 5.74) is 0.866. The Morgan fingerprint density at radius 3 is 2.80 bits per heavy atom. The van der Waals surface area contributed by atoms with Gasteiger partial charge in [-0.15, -0.1) is 0 Å². The van der Waals surface area contributed by atoms with Gasteiger partial charge in [0.2, 0.25) is 11.2 Å². The molecule has 0 aromatic carbocycles. The zero-order valence-corrected chi connectivity index (χ0v) is 13.9. The number of aromatic nitrogens is 4. The van der Waals surface area contributed by atoms with Crippen molar-refractivity contribution >= 4 is 30.8 Å². The molecule has 0 saturated carbocycles. The maximum absolute atomic E-state index is 7.91. The molecule has 0 atom stereocenters. The number of rotatable bonds is 6. The fourth-order valence-electron chi connectivity index (χ4n) is 1.64. The van der Waals surface area contributed by atoms with Gasteiger partial charge < -0.3 is 14.0 Å². The predicted molar refractivity (Wildman–Crippen MR) is 81.0 cm³/mol. The van der Waals surface area contributed by atoms with Gasteiger partial charge in [-0.05, 0) is 17.6 Å². The molecular weight excluding hydrogens is 296 g/mol. The van der Waals surface area contributed by atoms with Crippen LogP contribution in [0.1, 0.15) is 1.37 Å². The van der Waals surface area contributed by atoms with Gasteiger partial charge in [-0.3, -0.25) is 0 Å². The highest BCUT2D eigenvalue weighted by Crippen LogP contribution is 2.23. The first-order chi connectivity index (χ1) is 9.81. The number of nitrogens with zero attached hydrogens (tertiary/aromatic N) is 4. The van der Waals surface area contributed by atoms with Gasteiger partial charge in [-0.2, -0.15) is 9.97 Å². The van der Waals surface area contributed by atoms with Crippen molar-refractivity contribution in [3.05, 3.63) is 11.6 Å². The molecule has 110 valence electrons. The monoisotopic (exact) mass is 315 g/mol. The summed E-state index contributed by atoms with van der Waals surface area (Å²) >= 11 is 5.80. The molecule has 0 radical (unpaired) electrons. The molecular formula is C12H19ClN4O2Si. The van der Waals surface area contributed by atoms with E-state index in [0.29, 0.717) is 23.7 Å². The minimum absolute atomic E-state index is 0.0450.